The summed E-state index contributed by atoms with van der Waals surface area (Å²) in [5, 5.41) is 0. The molecule has 0 radical (unpaired) electrons. The zero-order chi connectivity index (χ0) is 35.5. The van der Waals surface area contributed by atoms with Crippen LogP contribution in [0, 0.1) is 11.8 Å². The molecule has 3 saturated carbocycles. The summed E-state index contributed by atoms with van der Waals surface area (Å²) in [4.78, 5) is 2.50. The van der Waals surface area contributed by atoms with Crippen molar-refractivity contribution in [1.82, 2.24) is 0 Å². The lowest BCUT2D eigenvalue weighted by molar-refractivity contribution is 0.420. The molecule has 0 aliphatic heterocycles. The molecular weight excluding hydrogens is 639 g/mol. The van der Waals surface area contributed by atoms with Gasteiger partial charge in [0, 0.05) is 22.5 Å². The highest BCUT2D eigenvalue weighted by molar-refractivity contribution is 5.88. The summed E-state index contributed by atoms with van der Waals surface area (Å²) in [7, 11) is 0. The second-order valence-electron chi connectivity index (χ2n) is 17.2. The van der Waals surface area contributed by atoms with Crippen LogP contribution in [0.3, 0.4) is 0 Å². The second kappa shape index (κ2) is 13.2. The first-order valence-corrected chi connectivity index (χ1v) is 20.5. The van der Waals surface area contributed by atoms with Gasteiger partial charge >= 0.3 is 0 Å². The van der Waals surface area contributed by atoms with Gasteiger partial charge in [-0.3, -0.25) is 0 Å². The van der Waals surface area contributed by atoms with Crippen LogP contribution in [0.5, 0.6) is 0 Å². The molecule has 6 aromatic carbocycles. The second-order valence-corrected chi connectivity index (χ2v) is 17.2. The van der Waals surface area contributed by atoms with Crippen LogP contribution < -0.4 is 4.90 Å². The van der Waals surface area contributed by atoms with Crippen LogP contribution in [0.2, 0.25) is 0 Å². The van der Waals surface area contributed by atoms with Gasteiger partial charge < -0.3 is 4.90 Å². The van der Waals surface area contributed by atoms with Crippen LogP contribution in [-0.4, -0.2) is 0 Å². The maximum atomic E-state index is 2.50. The third kappa shape index (κ3) is 5.75. The maximum Gasteiger partial charge on any atom is 0.0465 e. The van der Waals surface area contributed by atoms with E-state index < -0.39 is 0 Å². The van der Waals surface area contributed by atoms with Crippen molar-refractivity contribution in [2.75, 3.05) is 4.90 Å². The molecule has 4 aliphatic rings. The first kappa shape index (κ1) is 32.7. The number of anilines is 3. The third-order valence-electron chi connectivity index (χ3n) is 13.8. The molecule has 2 bridgehead atoms. The van der Waals surface area contributed by atoms with Crippen LogP contribution in [0.15, 0.2) is 140 Å². The summed E-state index contributed by atoms with van der Waals surface area (Å²) < 4.78 is 0. The minimum Gasteiger partial charge on any atom is -0.310 e. The zero-order valence-corrected chi connectivity index (χ0v) is 31.4. The van der Waals surface area contributed by atoms with Gasteiger partial charge in [0.25, 0.3) is 0 Å². The first-order valence-electron chi connectivity index (χ1n) is 20.5. The van der Waals surface area contributed by atoms with E-state index >= 15 is 0 Å². The molecular formula is C52H51N. The average molecular weight is 690 g/mol. The molecule has 0 spiro atoms. The number of hydrogen-bond donors (Lipinski definition) is 0. The van der Waals surface area contributed by atoms with E-state index in [2.05, 4.69) is 158 Å². The summed E-state index contributed by atoms with van der Waals surface area (Å²) in [5.41, 5.74) is 17.4. The number of benzene rings is 6. The summed E-state index contributed by atoms with van der Waals surface area (Å²) in [6, 6.07) is 53.4. The fourth-order valence-corrected chi connectivity index (χ4v) is 11.0. The first-order chi connectivity index (χ1) is 26.0. The van der Waals surface area contributed by atoms with Crippen LogP contribution in [0.25, 0.3) is 33.4 Å². The monoisotopic (exact) mass is 689 g/mol. The Morgan fingerprint density at radius 2 is 1.19 bits per heavy atom. The molecule has 1 heteroatoms. The number of nitrogens with zero attached hydrogens (tertiary/aromatic N) is 1. The Morgan fingerprint density at radius 3 is 1.92 bits per heavy atom. The Bertz CT molecular complexity index is 2250. The van der Waals surface area contributed by atoms with E-state index in [0.29, 0.717) is 5.92 Å². The van der Waals surface area contributed by atoms with Gasteiger partial charge in [-0.2, -0.15) is 0 Å². The van der Waals surface area contributed by atoms with Crippen molar-refractivity contribution >= 4 is 17.1 Å². The largest absolute Gasteiger partial charge is 0.310 e. The van der Waals surface area contributed by atoms with Crippen LogP contribution in [0.4, 0.5) is 17.1 Å². The molecule has 3 fully saturated rings. The van der Waals surface area contributed by atoms with E-state index in [9.17, 15) is 0 Å². The predicted molar refractivity (Wildman–Crippen MR) is 224 cm³/mol. The molecule has 3 atom stereocenters. The van der Waals surface area contributed by atoms with Gasteiger partial charge in [0.15, 0.2) is 0 Å². The van der Waals surface area contributed by atoms with Crippen LogP contribution >= 0.6 is 0 Å². The molecule has 0 amide bonds. The lowest BCUT2D eigenvalue weighted by Gasteiger charge is -2.29. The minimum absolute atomic E-state index is 0.0973. The number of fused-ring (bicyclic) bond motifs is 5. The fourth-order valence-electron chi connectivity index (χ4n) is 11.0. The smallest absolute Gasteiger partial charge is 0.0465 e. The van der Waals surface area contributed by atoms with Crippen molar-refractivity contribution in [3.63, 3.8) is 0 Å². The molecule has 1 nitrogen and oxygen atoms in total. The zero-order valence-electron chi connectivity index (χ0n) is 31.4. The highest BCUT2D eigenvalue weighted by Crippen LogP contribution is 2.54. The van der Waals surface area contributed by atoms with E-state index in [-0.39, 0.29) is 5.41 Å². The van der Waals surface area contributed by atoms with Crippen molar-refractivity contribution < 1.29 is 0 Å². The molecule has 0 aromatic heterocycles. The summed E-state index contributed by atoms with van der Waals surface area (Å²) in [6.07, 6.45) is 12.4. The lowest BCUT2D eigenvalue weighted by Crippen LogP contribution is -2.16. The van der Waals surface area contributed by atoms with Gasteiger partial charge in [0.1, 0.15) is 0 Å². The third-order valence-corrected chi connectivity index (χ3v) is 13.8. The maximum absolute atomic E-state index is 2.50. The summed E-state index contributed by atoms with van der Waals surface area (Å²) >= 11 is 0. The molecule has 53 heavy (non-hydrogen) atoms. The number of rotatable bonds is 7. The molecule has 0 heterocycles. The van der Waals surface area contributed by atoms with E-state index in [0.717, 1.165) is 17.8 Å². The van der Waals surface area contributed by atoms with Crippen molar-refractivity contribution in [1.29, 1.82) is 0 Å². The van der Waals surface area contributed by atoms with Crippen molar-refractivity contribution in [3.8, 4) is 33.4 Å². The molecule has 3 unspecified atom stereocenters. The Balaban J connectivity index is 1.04. The summed E-state index contributed by atoms with van der Waals surface area (Å²) in [6.45, 7) is 4.80. The van der Waals surface area contributed by atoms with Crippen molar-refractivity contribution in [2.45, 2.75) is 88.9 Å². The van der Waals surface area contributed by atoms with E-state index in [4.69, 9.17) is 0 Å². The Hall–Kier alpha value is -4.88. The highest BCUT2D eigenvalue weighted by Gasteiger charge is 2.40. The molecule has 264 valence electrons. The van der Waals surface area contributed by atoms with Crippen molar-refractivity contribution in [2.24, 2.45) is 11.8 Å². The molecule has 10 rings (SSSR count). The van der Waals surface area contributed by atoms with E-state index in [1.54, 1.807) is 0 Å². The Morgan fingerprint density at radius 1 is 0.491 bits per heavy atom. The van der Waals surface area contributed by atoms with Crippen LogP contribution in [0.1, 0.15) is 106 Å². The van der Waals surface area contributed by atoms with Crippen LogP contribution in [-0.2, 0) is 5.41 Å². The molecule has 6 aromatic rings. The Labute approximate surface area is 316 Å². The van der Waals surface area contributed by atoms with E-state index in [1.807, 2.05) is 0 Å². The molecule has 4 aliphatic carbocycles. The van der Waals surface area contributed by atoms with Gasteiger partial charge in [0.2, 0.25) is 0 Å². The van der Waals surface area contributed by atoms with Gasteiger partial charge in [-0.05, 0) is 154 Å². The van der Waals surface area contributed by atoms with Gasteiger partial charge in [-0.25, -0.2) is 0 Å². The predicted octanol–water partition coefficient (Wildman–Crippen LogP) is 14.7. The lowest BCUT2D eigenvalue weighted by atomic mass is 9.81. The van der Waals surface area contributed by atoms with Gasteiger partial charge in [-0.15, -0.1) is 0 Å². The van der Waals surface area contributed by atoms with E-state index in [1.165, 1.54) is 130 Å². The quantitative estimate of drug-likeness (QED) is 0.161. The number of hydrogen-bond acceptors (Lipinski definition) is 1. The average Bonchev–Trinajstić information content (AvgIpc) is 3.92. The fraction of sp³-hybridized carbons (Fsp3) is 0.308. The highest BCUT2D eigenvalue weighted by atomic mass is 15.1. The standard InChI is InChI=1S/C52H51N/c1-52(2)50-30-23-40(36-11-5-3-6-12-36)33-49(50)47-29-28-44(34-51(47)52)53(43-26-21-39(22-27-43)48-32-35-17-18-41(48)31-35)42-24-19-38(20-25-42)46-16-10-9-15-45(46)37-13-7-4-8-14-37/h3,5-6,9-12,15-16,19-30,33-35,37,41,48H,4,7-8,13-14,17-18,31-32H2,1-2H3. The normalized spacial score (nSPS) is 21.4. The summed E-state index contributed by atoms with van der Waals surface area (Å²) in [5.74, 6) is 3.24. The molecule has 0 N–H and O–H groups in total. The van der Waals surface area contributed by atoms with Crippen molar-refractivity contribution in [3.05, 3.63) is 162 Å². The SMILES string of the molecule is CC1(C)c2ccc(-c3ccccc3)cc2-c2ccc(N(c3ccc(-c4ccccc4C4CCCCC4)cc3)c3ccc(C4CC5CCC4C5)cc3)cc21. The minimum atomic E-state index is -0.0973. The Kier molecular flexibility index (Phi) is 8.16. The van der Waals surface area contributed by atoms with Gasteiger partial charge in [-0.1, -0.05) is 137 Å². The topological polar surface area (TPSA) is 3.24 Å². The molecule has 0 saturated heterocycles. The van der Waals surface area contributed by atoms with Gasteiger partial charge in [0.05, 0.1) is 0 Å².